The molecule has 1 atom stereocenters. The van der Waals surface area contributed by atoms with Gasteiger partial charge in [0.05, 0.1) is 7.11 Å². The van der Waals surface area contributed by atoms with Crippen molar-refractivity contribution in [2.45, 2.75) is 70.3 Å². The van der Waals surface area contributed by atoms with E-state index in [9.17, 15) is 0 Å². The van der Waals surface area contributed by atoms with Gasteiger partial charge in [0.2, 0.25) is 0 Å². The van der Waals surface area contributed by atoms with Crippen LogP contribution < -0.4 is 0 Å². The van der Waals surface area contributed by atoms with Crippen molar-refractivity contribution in [3.63, 3.8) is 0 Å². The first-order valence-electron chi connectivity index (χ1n) is 8.80. The molecule has 2 nitrogen and oxygen atoms in total. The molecule has 3 heteroatoms. The maximum Gasteiger partial charge on any atom is 0.0575 e. The Hall–Kier alpha value is -0.830. The highest BCUT2D eigenvalue weighted by atomic mass is 35.5. The second kappa shape index (κ2) is 12.6. The normalized spacial score (nSPS) is 12.5. The van der Waals surface area contributed by atoms with E-state index in [2.05, 4.69) is 42.8 Å². The fourth-order valence-corrected chi connectivity index (χ4v) is 2.99. The number of alkyl halides is 1. The minimum absolute atomic E-state index is 0.395. The molecule has 0 N–H and O–H groups in total. The minimum Gasteiger partial charge on any atom is -0.302 e. The van der Waals surface area contributed by atoms with Crippen LogP contribution in [0.2, 0.25) is 0 Å². The van der Waals surface area contributed by atoms with Crippen molar-refractivity contribution in [3.05, 3.63) is 48.0 Å². The topological polar surface area (TPSA) is 12.5 Å². The SMILES string of the molecule is C=CCC(CCCCCCC)N(Cc1ccc(CCl)cc1)OC. The predicted octanol–water partition coefficient (Wildman–Crippen LogP) is 6.09. The van der Waals surface area contributed by atoms with E-state index in [0.29, 0.717) is 11.9 Å². The molecule has 0 aliphatic heterocycles. The summed E-state index contributed by atoms with van der Waals surface area (Å²) < 4.78 is 0. The van der Waals surface area contributed by atoms with Gasteiger partial charge in [0.25, 0.3) is 0 Å². The molecular weight excluding hydrogens is 306 g/mol. The van der Waals surface area contributed by atoms with Gasteiger partial charge in [-0.15, -0.1) is 18.2 Å². The zero-order valence-electron chi connectivity index (χ0n) is 14.8. The second-order valence-corrected chi connectivity index (χ2v) is 6.36. The van der Waals surface area contributed by atoms with E-state index in [0.717, 1.165) is 24.9 Å². The van der Waals surface area contributed by atoms with Crippen LogP contribution >= 0.6 is 11.6 Å². The molecule has 0 amide bonds. The van der Waals surface area contributed by atoms with Crippen molar-refractivity contribution in [1.82, 2.24) is 5.06 Å². The molecule has 0 saturated heterocycles. The number of benzene rings is 1. The molecule has 0 aliphatic carbocycles. The van der Waals surface area contributed by atoms with Crippen molar-refractivity contribution in [3.8, 4) is 0 Å². The summed E-state index contributed by atoms with van der Waals surface area (Å²) in [5.41, 5.74) is 2.40. The molecule has 0 spiro atoms. The number of hydroxylamine groups is 2. The van der Waals surface area contributed by atoms with Crippen LogP contribution in [0.5, 0.6) is 0 Å². The van der Waals surface area contributed by atoms with E-state index >= 15 is 0 Å². The Morgan fingerprint density at radius 3 is 2.35 bits per heavy atom. The van der Waals surface area contributed by atoms with Gasteiger partial charge < -0.3 is 4.84 Å². The van der Waals surface area contributed by atoms with Gasteiger partial charge in [-0.3, -0.25) is 0 Å². The lowest BCUT2D eigenvalue weighted by atomic mass is 10.0. The summed E-state index contributed by atoms with van der Waals surface area (Å²) >= 11 is 5.85. The van der Waals surface area contributed by atoms with Gasteiger partial charge in [0, 0.05) is 18.5 Å². The maximum absolute atomic E-state index is 5.85. The van der Waals surface area contributed by atoms with Gasteiger partial charge in [0.15, 0.2) is 0 Å². The van der Waals surface area contributed by atoms with E-state index in [4.69, 9.17) is 16.4 Å². The molecule has 0 bridgehead atoms. The van der Waals surface area contributed by atoms with Crippen LogP contribution in [-0.2, 0) is 17.3 Å². The molecule has 130 valence electrons. The number of rotatable bonds is 13. The third-order valence-corrected chi connectivity index (χ3v) is 4.55. The van der Waals surface area contributed by atoms with Crippen LogP contribution in [0.1, 0.15) is 63.0 Å². The van der Waals surface area contributed by atoms with Gasteiger partial charge in [0.1, 0.15) is 0 Å². The van der Waals surface area contributed by atoms with Crippen molar-refractivity contribution < 1.29 is 4.84 Å². The van der Waals surface area contributed by atoms with Crippen molar-refractivity contribution in [2.24, 2.45) is 0 Å². The predicted molar refractivity (Wildman–Crippen MR) is 101 cm³/mol. The van der Waals surface area contributed by atoms with Crippen LogP contribution in [0, 0.1) is 0 Å². The largest absolute Gasteiger partial charge is 0.302 e. The standard InChI is InChI=1S/C20H32ClNO/c1-4-6-7-8-9-11-20(10-5-2)22(23-3)17-19-14-12-18(16-21)13-15-19/h5,12-15,20H,2,4,6-11,16-17H2,1,3H3. The van der Waals surface area contributed by atoms with Gasteiger partial charge in [-0.25, -0.2) is 0 Å². The average Bonchev–Trinajstić information content (AvgIpc) is 2.59. The highest BCUT2D eigenvalue weighted by molar-refractivity contribution is 6.17. The number of hydrogen-bond acceptors (Lipinski definition) is 2. The van der Waals surface area contributed by atoms with Crippen LogP contribution in [-0.4, -0.2) is 18.2 Å². The number of unbranched alkanes of at least 4 members (excludes halogenated alkanes) is 4. The molecule has 1 rings (SSSR count). The monoisotopic (exact) mass is 337 g/mol. The second-order valence-electron chi connectivity index (χ2n) is 6.09. The first-order chi connectivity index (χ1) is 11.2. The van der Waals surface area contributed by atoms with Gasteiger partial charge in [-0.1, -0.05) is 69.4 Å². The molecular formula is C20H32ClNO. The van der Waals surface area contributed by atoms with Gasteiger partial charge in [-0.05, 0) is 24.0 Å². The number of hydrogen-bond donors (Lipinski definition) is 0. The molecule has 0 radical (unpaired) electrons. The molecule has 0 heterocycles. The summed E-state index contributed by atoms with van der Waals surface area (Å²) in [6.07, 6.45) is 10.6. The third-order valence-electron chi connectivity index (χ3n) is 4.24. The molecule has 1 unspecified atom stereocenters. The fraction of sp³-hybridized carbons (Fsp3) is 0.600. The number of nitrogens with zero attached hydrogens (tertiary/aromatic N) is 1. The molecule has 1 aromatic carbocycles. The highest BCUT2D eigenvalue weighted by Crippen LogP contribution is 2.18. The average molecular weight is 338 g/mol. The van der Waals surface area contributed by atoms with Crippen LogP contribution in [0.3, 0.4) is 0 Å². The van der Waals surface area contributed by atoms with Crippen molar-refractivity contribution >= 4 is 11.6 Å². The third kappa shape index (κ3) is 8.01. The van der Waals surface area contributed by atoms with Crippen LogP contribution in [0.15, 0.2) is 36.9 Å². The molecule has 0 aromatic heterocycles. The molecule has 0 fully saturated rings. The zero-order chi connectivity index (χ0) is 16.9. The summed E-state index contributed by atoms with van der Waals surface area (Å²) in [4.78, 5) is 5.66. The van der Waals surface area contributed by atoms with E-state index < -0.39 is 0 Å². The smallest absolute Gasteiger partial charge is 0.0575 e. The van der Waals surface area contributed by atoms with E-state index in [-0.39, 0.29) is 0 Å². The molecule has 23 heavy (non-hydrogen) atoms. The van der Waals surface area contributed by atoms with Gasteiger partial charge in [-0.2, -0.15) is 5.06 Å². The minimum atomic E-state index is 0.395. The first kappa shape index (κ1) is 20.2. The maximum atomic E-state index is 5.85. The molecule has 0 aliphatic rings. The Balaban J connectivity index is 2.55. The Bertz CT molecular complexity index is 418. The zero-order valence-corrected chi connectivity index (χ0v) is 15.5. The van der Waals surface area contributed by atoms with Crippen LogP contribution in [0.25, 0.3) is 0 Å². The van der Waals surface area contributed by atoms with E-state index in [1.54, 1.807) is 7.11 Å². The Kier molecular flexibility index (Phi) is 11.1. The number of halogens is 1. The quantitative estimate of drug-likeness (QED) is 0.187. The summed E-state index contributed by atoms with van der Waals surface area (Å²) in [5.74, 6) is 0.561. The summed E-state index contributed by atoms with van der Waals surface area (Å²) in [6.45, 7) is 6.96. The Morgan fingerprint density at radius 1 is 1.13 bits per heavy atom. The lowest BCUT2D eigenvalue weighted by Crippen LogP contribution is -2.33. The Labute approximate surface area is 147 Å². The van der Waals surface area contributed by atoms with Gasteiger partial charge >= 0.3 is 0 Å². The summed E-state index contributed by atoms with van der Waals surface area (Å²) in [6, 6.07) is 8.84. The lowest BCUT2D eigenvalue weighted by Gasteiger charge is -2.29. The Morgan fingerprint density at radius 2 is 1.78 bits per heavy atom. The van der Waals surface area contributed by atoms with Crippen LogP contribution in [0.4, 0.5) is 0 Å². The lowest BCUT2D eigenvalue weighted by molar-refractivity contribution is -0.170. The summed E-state index contributed by atoms with van der Waals surface area (Å²) in [5, 5.41) is 2.09. The fourth-order valence-electron chi connectivity index (χ4n) is 2.81. The highest BCUT2D eigenvalue weighted by Gasteiger charge is 2.17. The molecule has 0 saturated carbocycles. The van der Waals surface area contributed by atoms with E-state index in [1.165, 1.54) is 37.7 Å². The summed E-state index contributed by atoms with van der Waals surface area (Å²) in [7, 11) is 1.76. The van der Waals surface area contributed by atoms with E-state index in [1.807, 2.05) is 6.08 Å². The van der Waals surface area contributed by atoms with Crippen molar-refractivity contribution in [1.29, 1.82) is 0 Å². The van der Waals surface area contributed by atoms with Crippen molar-refractivity contribution in [2.75, 3.05) is 7.11 Å². The first-order valence-corrected chi connectivity index (χ1v) is 9.34. The molecule has 1 aromatic rings.